The third-order valence-corrected chi connectivity index (χ3v) is 1.92. The van der Waals surface area contributed by atoms with Gasteiger partial charge in [-0.15, -0.1) is 0 Å². The van der Waals surface area contributed by atoms with Gasteiger partial charge in [-0.2, -0.15) is 0 Å². The molecule has 5 nitrogen and oxygen atoms in total. The standard InChI is InChI=1S/C9H13NO4/c1-2-14-9(13)8(12)6-5-10-4-3-7(6)11/h10,12H,2-5H2,1H3/b8-6-. The Morgan fingerprint density at radius 3 is 2.93 bits per heavy atom. The van der Waals surface area contributed by atoms with Crippen molar-refractivity contribution in [1.82, 2.24) is 5.32 Å². The highest BCUT2D eigenvalue weighted by atomic mass is 16.5. The van der Waals surface area contributed by atoms with Gasteiger partial charge in [0, 0.05) is 19.5 Å². The van der Waals surface area contributed by atoms with Crippen molar-refractivity contribution in [2.24, 2.45) is 0 Å². The Morgan fingerprint density at radius 1 is 1.64 bits per heavy atom. The molecule has 0 aliphatic carbocycles. The summed E-state index contributed by atoms with van der Waals surface area (Å²) in [5.41, 5.74) is 0.120. The van der Waals surface area contributed by atoms with E-state index in [1.165, 1.54) is 0 Å². The normalized spacial score (nSPS) is 20.5. The summed E-state index contributed by atoms with van der Waals surface area (Å²) in [6.45, 7) is 2.62. The number of carbonyl (C=O) groups excluding carboxylic acids is 2. The number of carbonyl (C=O) groups is 2. The number of piperidine rings is 1. The van der Waals surface area contributed by atoms with Crippen molar-refractivity contribution in [3.05, 3.63) is 11.3 Å². The maximum Gasteiger partial charge on any atom is 0.373 e. The summed E-state index contributed by atoms with van der Waals surface area (Å²) >= 11 is 0. The monoisotopic (exact) mass is 199 g/mol. The third kappa shape index (κ3) is 2.32. The first-order chi connectivity index (χ1) is 6.66. The van der Waals surface area contributed by atoms with Gasteiger partial charge in [-0.3, -0.25) is 4.79 Å². The van der Waals surface area contributed by atoms with E-state index < -0.39 is 11.7 Å². The van der Waals surface area contributed by atoms with E-state index in [2.05, 4.69) is 10.1 Å². The summed E-state index contributed by atoms with van der Waals surface area (Å²) in [5.74, 6) is -1.60. The van der Waals surface area contributed by atoms with Crippen LogP contribution in [-0.2, 0) is 14.3 Å². The van der Waals surface area contributed by atoms with Crippen LogP contribution in [-0.4, -0.2) is 36.6 Å². The van der Waals surface area contributed by atoms with E-state index in [4.69, 9.17) is 0 Å². The van der Waals surface area contributed by atoms with Crippen molar-refractivity contribution in [3.8, 4) is 0 Å². The molecule has 14 heavy (non-hydrogen) atoms. The summed E-state index contributed by atoms with van der Waals surface area (Å²) in [7, 11) is 0. The van der Waals surface area contributed by atoms with E-state index in [0.717, 1.165) is 0 Å². The minimum atomic E-state index is -0.834. The minimum absolute atomic E-state index is 0.120. The minimum Gasteiger partial charge on any atom is -0.502 e. The van der Waals surface area contributed by atoms with Crippen LogP contribution in [0.4, 0.5) is 0 Å². The van der Waals surface area contributed by atoms with Crippen molar-refractivity contribution < 1.29 is 19.4 Å². The van der Waals surface area contributed by atoms with Crippen molar-refractivity contribution in [2.45, 2.75) is 13.3 Å². The molecule has 0 spiro atoms. The SMILES string of the molecule is CCOC(=O)/C(O)=C1\CNCCC1=O. The molecular formula is C9H13NO4. The smallest absolute Gasteiger partial charge is 0.373 e. The van der Waals surface area contributed by atoms with E-state index in [1.54, 1.807) is 6.92 Å². The molecular weight excluding hydrogens is 186 g/mol. The lowest BCUT2D eigenvalue weighted by Crippen LogP contribution is -2.32. The Labute approximate surface area is 81.7 Å². The Bertz CT molecular complexity index is 283. The summed E-state index contributed by atoms with van der Waals surface area (Å²) in [6, 6.07) is 0. The molecule has 5 heteroatoms. The van der Waals surface area contributed by atoms with Crippen LogP contribution in [0.2, 0.25) is 0 Å². The fraction of sp³-hybridized carbons (Fsp3) is 0.556. The third-order valence-electron chi connectivity index (χ3n) is 1.92. The summed E-state index contributed by atoms with van der Waals surface area (Å²) in [6.07, 6.45) is 0.304. The molecule has 1 fully saturated rings. The second kappa shape index (κ2) is 4.76. The van der Waals surface area contributed by atoms with Gasteiger partial charge < -0.3 is 15.2 Å². The van der Waals surface area contributed by atoms with Gasteiger partial charge in [0.1, 0.15) is 0 Å². The fourth-order valence-corrected chi connectivity index (χ4v) is 1.20. The molecule has 2 N–H and O–H groups in total. The topological polar surface area (TPSA) is 75.6 Å². The molecule has 1 rings (SSSR count). The fourth-order valence-electron chi connectivity index (χ4n) is 1.20. The number of esters is 1. The van der Waals surface area contributed by atoms with Crippen LogP contribution in [0.5, 0.6) is 0 Å². The highest BCUT2D eigenvalue weighted by Gasteiger charge is 2.23. The van der Waals surface area contributed by atoms with Gasteiger partial charge >= 0.3 is 5.97 Å². The maximum absolute atomic E-state index is 11.3. The Hall–Kier alpha value is -1.36. The van der Waals surface area contributed by atoms with Gasteiger partial charge in [0.05, 0.1) is 12.2 Å². The molecule has 0 aromatic heterocycles. The average molecular weight is 199 g/mol. The van der Waals surface area contributed by atoms with Crippen LogP contribution < -0.4 is 5.32 Å². The van der Waals surface area contributed by atoms with Crippen LogP contribution in [0.1, 0.15) is 13.3 Å². The summed E-state index contributed by atoms with van der Waals surface area (Å²) in [4.78, 5) is 22.4. The highest BCUT2D eigenvalue weighted by Crippen LogP contribution is 2.09. The van der Waals surface area contributed by atoms with Gasteiger partial charge in [-0.1, -0.05) is 0 Å². The lowest BCUT2D eigenvalue weighted by Gasteiger charge is -2.15. The zero-order valence-electron chi connectivity index (χ0n) is 8.00. The Morgan fingerprint density at radius 2 is 2.36 bits per heavy atom. The molecule has 0 amide bonds. The van der Waals surface area contributed by atoms with Gasteiger partial charge in [0.2, 0.25) is 5.76 Å². The molecule has 0 aromatic carbocycles. The number of nitrogens with one attached hydrogen (secondary N) is 1. The van der Waals surface area contributed by atoms with E-state index in [-0.39, 0.29) is 24.5 Å². The van der Waals surface area contributed by atoms with Crippen molar-refractivity contribution >= 4 is 11.8 Å². The van der Waals surface area contributed by atoms with Gasteiger partial charge in [0.15, 0.2) is 5.78 Å². The highest BCUT2D eigenvalue weighted by molar-refractivity contribution is 6.03. The zero-order valence-corrected chi connectivity index (χ0v) is 8.00. The van der Waals surface area contributed by atoms with Crippen molar-refractivity contribution in [2.75, 3.05) is 19.7 Å². The van der Waals surface area contributed by atoms with Gasteiger partial charge in [-0.25, -0.2) is 4.79 Å². The molecule has 1 heterocycles. The second-order valence-corrected chi connectivity index (χ2v) is 2.90. The van der Waals surface area contributed by atoms with Crippen molar-refractivity contribution in [3.63, 3.8) is 0 Å². The number of aliphatic hydroxyl groups excluding tert-OH is 1. The number of Topliss-reactive ketones (excluding diaryl/α,β-unsaturated/α-hetero) is 1. The van der Waals surface area contributed by atoms with E-state index in [0.29, 0.717) is 13.0 Å². The number of hydrogen-bond acceptors (Lipinski definition) is 5. The van der Waals surface area contributed by atoms with Crippen molar-refractivity contribution in [1.29, 1.82) is 0 Å². The molecule has 0 bridgehead atoms. The van der Waals surface area contributed by atoms with Gasteiger partial charge in [0.25, 0.3) is 0 Å². The van der Waals surface area contributed by atoms with Crippen LogP contribution in [0.25, 0.3) is 0 Å². The first kappa shape index (κ1) is 10.7. The molecule has 1 saturated heterocycles. The molecule has 0 aromatic rings. The van der Waals surface area contributed by atoms with Crippen LogP contribution in [0.3, 0.4) is 0 Å². The number of ketones is 1. The maximum atomic E-state index is 11.3. The van der Waals surface area contributed by atoms with E-state index in [1.807, 2.05) is 0 Å². The van der Waals surface area contributed by atoms with Gasteiger partial charge in [-0.05, 0) is 6.92 Å². The zero-order chi connectivity index (χ0) is 10.6. The average Bonchev–Trinajstić information content (AvgIpc) is 2.18. The number of rotatable bonds is 2. The Kier molecular flexibility index (Phi) is 3.64. The van der Waals surface area contributed by atoms with Crippen LogP contribution in [0, 0.1) is 0 Å². The second-order valence-electron chi connectivity index (χ2n) is 2.90. The lowest BCUT2D eigenvalue weighted by atomic mass is 10.0. The molecule has 0 saturated carbocycles. The molecule has 0 atom stereocenters. The predicted molar refractivity (Wildman–Crippen MR) is 48.8 cm³/mol. The van der Waals surface area contributed by atoms with Crippen LogP contribution in [0.15, 0.2) is 11.3 Å². The lowest BCUT2D eigenvalue weighted by molar-refractivity contribution is -0.142. The largest absolute Gasteiger partial charge is 0.502 e. The Balaban J connectivity index is 2.79. The quantitative estimate of drug-likeness (QED) is 0.369. The first-order valence-electron chi connectivity index (χ1n) is 4.50. The molecule has 0 unspecified atom stereocenters. The van der Waals surface area contributed by atoms with Crippen LogP contribution >= 0.6 is 0 Å². The predicted octanol–water partition coefficient (Wildman–Crippen LogP) is -0.0760. The summed E-state index contributed by atoms with van der Waals surface area (Å²) in [5, 5.41) is 12.3. The number of ether oxygens (including phenoxy) is 1. The van der Waals surface area contributed by atoms with E-state index >= 15 is 0 Å². The van der Waals surface area contributed by atoms with E-state index in [9.17, 15) is 14.7 Å². The molecule has 1 aliphatic heterocycles. The first-order valence-corrected chi connectivity index (χ1v) is 4.50. The summed E-state index contributed by atoms with van der Waals surface area (Å²) < 4.78 is 4.58. The number of hydrogen-bond donors (Lipinski definition) is 2. The molecule has 78 valence electrons. The molecule has 1 aliphatic rings. The number of aliphatic hydroxyl groups is 1. The molecule has 0 radical (unpaired) electrons.